The highest BCUT2D eigenvalue weighted by Crippen LogP contribution is 2.32. The first-order valence-corrected chi connectivity index (χ1v) is 8.90. The Morgan fingerprint density at radius 1 is 1.04 bits per heavy atom. The van der Waals surface area contributed by atoms with E-state index in [-0.39, 0.29) is 5.91 Å². The van der Waals surface area contributed by atoms with Gasteiger partial charge in [0.2, 0.25) is 0 Å². The van der Waals surface area contributed by atoms with Crippen molar-refractivity contribution in [2.75, 3.05) is 24.9 Å². The molecule has 1 aromatic heterocycles. The molecule has 3 aromatic rings. The number of nitrogens with one attached hydrogen (secondary N) is 2. The van der Waals surface area contributed by atoms with Gasteiger partial charge in [0.15, 0.2) is 0 Å². The standard InChI is InChI=1S/C21H20ClN3O3/c1-13-10-18(19(28-3)11-17(13)22)25-20-9-4-14(12-23-20)21(26)24-15-5-7-16(27-2)8-6-15/h4-12H,1-3H3,(H,23,25)(H,24,26). The van der Waals surface area contributed by atoms with E-state index in [1.807, 2.05) is 13.0 Å². The zero-order valence-corrected chi connectivity index (χ0v) is 16.5. The van der Waals surface area contributed by atoms with Gasteiger partial charge >= 0.3 is 0 Å². The summed E-state index contributed by atoms with van der Waals surface area (Å²) in [5.74, 6) is 1.67. The Labute approximate surface area is 168 Å². The lowest BCUT2D eigenvalue weighted by Crippen LogP contribution is -2.12. The van der Waals surface area contributed by atoms with Crippen LogP contribution in [-0.4, -0.2) is 25.1 Å². The number of aryl methyl sites for hydroxylation is 1. The number of methoxy groups -OCH3 is 2. The van der Waals surface area contributed by atoms with Gasteiger partial charge in [-0.25, -0.2) is 4.98 Å². The third-order valence-electron chi connectivity index (χ3n) is 4.12. The van der Waals surface area contributed by atoms with Gasteiger partial charge in [-0.05, 0) is 55.0 Å². The van der Waals surface area contributed by atoms with Crippen LogP contribution in [0.3, 0.4) is 0 Å². The van der Waals surface area contributed by atoms with Gasteiger partial charge in [-0.2, -0.15) is 0 Å². The molecule has 0 saturated heterocycles. The van der Waals surface area contributed by atoms with Crippen molar-refractivity contribution in [1.82, 2.24) is 4.98 Å². The van der Waals surface area contributed by atoms with E-state index in [1.165, 1.54) is 6.20 Å². The van der Waals surface area contributed by atoms with Gasteiger partial charge in [-0.15, -0.1) is 0 Å². The number of halogens is 1. The molecule has 1 amide bonds. The summed E-state index contributed by atoms with van der Waals surface area (Å²) in [6.45, 7) is 1.91. The van der Waals surface area contributed by atoms with Crippen LogP contribution in [0, 0.1) is 6.92 Å². The van der Waals surface area contributed by atoms with Crippen molar-refractivity contribution in [1.29, 1.82) is 0 Å². The molecule has 28 heavy (non-hydrogen) atoms. The molecular formula is C21H20ClN3O3. The zero-order chi connectivity index (χ0) is 20.1. The number of nitrogens with zero attached hydrogens (tertiary/aromatic N) is 1. The Hall–Kier alpha value is -3.25. The van der Waals surface area contributed by atoms with E-state index in [0.717, 1.165) is 17.0 Å². The van der Waals surface area contributed by atoms with Gasteiger partial charge in [0.1, 0.15) is 17.3 Å². The zero-order valence-electron chi connectivity index (χ0n) is 15.7. The number of hydrogen-bond donors (Lipinski definition) is 2. The van der Waals surface area contributed by atoms with Crippen molar-refractivity contribution in [3.63, 3.8) is 0 Å². The summed E-state index contributed by atoms with van der Waals surface area (Å²) in [6, 6.07) is 14.2. The molecule has 0 fully saturated rings. The number of pyridine rings is 1. The van der Waals surface area contributed by atoms with Crippen LogP contribution in [-0.2, 0) is 0 Å². The predicted molar refractivity (Wildman–Crippen MR) is 111 cm³/mol. The fourth-order valence-electron chi connectivity index (χ4n) is 2.55. The van der Waals surface area contributed by atoms with Crippen molar-refractivity contribution in [3.05, 3.63) is 70.9 Å². The van der Waals surface area contributed by atoms with Crippen molar-refractivity contribution in [3.8, 4) is 11.5 Å². The number of aromatic nitrogens is 1. The second-order valence-corrected chi connectivity index (χ2v) is 6.45. The molecule has 0 aliphatic rings. The van der Waals surface area contributed by atoms with Crippen LogP contribution in [0.25, 0.3) is 0 Å². The number of amides is 1. The number of rotatable bonds is 6. The monoisotopic (exact) mass is 397 g/mol. The van der Waals surface area contributed by atoms with Gasteiger partial charge in [0.05, 0.1) is 25.5 Å². The number of ether oxygens (including phenoxy) is 2. The Kier molecular flexibility index (Phi) is 6.01. The minimum Gasteiger partial charge on any atom is -0.497 e. The number of carbonyl (C=O) groups is 1. The Morgan fingerprint density at radius 3 is 2.39 bits per heavy atom. The first-order chi connectivity index (χ1) is 13.5. The number of hydrogen-bond acceptors (Lipinski definition) is 5. The van der Waals surface area contributed by atoms with Crippen LogP contribution in [0.2, 0.25) is 5.02 Å². The summed E-state index contributed by atoms with van der Waals surface area (Å²) in [7, 11) is 3.17. The lowest BCUT2D eigenvalue weighted by molar-refractivity contribution is 0.102. The van der Waals surface area contributed by atoms with Crippen molar-refractivity contribution >= 4 is 34.7 Å². The molecule has 7 heteroatoms. The fraction of sp³-hybridized carbons (Fsp3) is 0.143. The van der Waals surface area contributed by atoms with Gasteiger partial charge in [0.25, 0.3) is 5.91 Å². The molecule has 6 nitrogen and oxygen atoms in total. The van der Waals surface area contributed by atoms with E-state index in [1.54, 1.807) is 56.7 Å². The predicted octanol–water partition coefficient (Wildman–Crippen LogP) is 5.06. The Balaban J connectivity index is 1.71. The minimum atomic E-state index is -0.246. The molecule has 0 unspecified atom stereocenters. The molecule has 0 bridgehead atoms. The van der Waals surface area contributed by atoms with Gasteiger partial charge < -0.3 is 20.1 Å². The second kappa shape index (κ2) is 8.63. The minimum absolute atomic E-state index is 0.246. The highest BCUT2D eigenvalue weighted by atomic mass is 35.5. The van der Waals surface area contributed by atoms with Crippen LogP contribution >= 0.6 is 11.6 Å². The number of anilines is 3. The third kappa shape index (κ3) is 4.53. The molecule has 0 aliphatic carbocycles. The topological polar surface area (TPSA) is 72.5 Å². The van der Waals surface area contributed by atoms with Crippen LogP contribution in [0.15, 0.2) is 54.7 Å². The molecule has 0 atom stereocenters. The molecule has 0 aliphatic heterocycles. The smallest absolute Gasteiger partial charge is 0.257 e. The van der Waals surface area contributed by atoms with Crippen LogP contribution in [0.5, 0.6) is 11.5 Å². The van der Waals surface area contributed by atoms with E-state index in [0.29, 0.717) is 27.8 Å². The van der Waals surface area contributed by atoms with E-state index in [2.05, 4.69) is 15.6 Å². The molecule has 0 radical (unpaired) electrons. The van der Waals surface area contributed by atoms with Gasteiger partial charge in [0, 0.05) is 23.0 Å². The van der Waals surface area contributed by atoms with Crippen molar-refractivity contribution in [2.45, 2.75) is 6.92 Å². The maximum Gasteiger partial charge on any atom is 0.257 e. The Morgan fingerprint density at radius 2 is 1.79 bits per heavy atom. The second-order valence-electron chi connectivity index (χ2n) is 6.04. The molecular weight excluding hydrogens is 378 g/mol. The largest absolute Gasteiger partial charge is 0.497 e. The van der Waals surface area contributed by atoms with Gasteiger partial charge in [-0.3, -0.25) is 4.79 Å². The molecule has 0 spiro atoms. The van der Waals surface area contributed by atoms with Gasteiger partial charge in [-0.1, -0.05) is 11.6 Å². The van der Waals surface area contributed by atoms with E-state index < -0.39 is 0 Å². The highest BCUT2D eigenvalue weighted by Gasteiger charge is 2.10. The molecule has 3 rings (SSSR count). The third-order valence-corrected chi connectivity index (χ3v) is 4.52. The summed E-state index contributed by atoms with van der Waals surface area (Å²) in [5.41, 5.74) is 2.78. The summed E-state index contributed by atoms with van der Waals surface area (Å²) in [4.78, 5) is 16.7. The summed E-state index contributed by atoms with van der Waals surface area (Å²) >= 11 is 6.13. The first-order valence-electron chi connectivity index (χ1n) is 8.53. The molecule has 1 heterocycles. The Bertz CT molecular complexity index is 973. The maximum absolute atomic E-state index is 12.4. The van der Waals surface area contributed by atoms with E-state index >= 15 is 0 Å². The lowest BCUT2D eigenvalue weighted by Gasteiger charge is -2.13. The molecule has 2 aromatic carbocycles. The van der Waals surface area contributed by atoms with Crippen LogP contribution in [0.1, 0.15) is 15.9 Å². The quantitative estimate of drug-likeness (QED) is 0.608. The fourth-order valence-corrected chi connectivity index (χ4v) is 2.70. The van der Waals surface area contributed by atoms with Crippen LogP contribution in [0.4, 0.5) is 17.2 Å². The maximum atomic E-state index is 12.4. The SMILES string of the molecule is COc1ccc(NC(=O)c2ccc(Nc3cc(C)c(Cl)cc3OC)nc2)cc1. The van der Waals surface area contributed by atoms with Crippen molar-refractivity contribution in [2.24, 2.45) is 0 Å². The van der Waals surface area contributed by atoms with Crippen LogP contribution < -0.4 is 20.1 Å². The highest BCUT2D eigenvalue weighted by molar-refractivity contribution is 6.31. The summed E-state index contributed by atoms with van der Waals surface area (Å²) in [5, 5.41) is 6.63. The molecule has 144 valence electrons. The number of benzene rings is 2. The number of carbonyl (C=O) groups excluding carboxylic acids is 1. The first kappa shape index (κ1) is 19.5. The average molecular weight is 398 g/mol. The normalized spacial score (nSPS) is 10.3. The average Bonchev–Trinajstić information content (AvgIpc) is 2.71. The van der Waals surface area contributed by atoms with Crippen molar-refractivity contribution < 1.29 is 14.3 Å². The lowest BCUT2D eigenvalue weighted by atomic mass is 10.2. The molecule has 2 N–H and O–H groups in total. The molecule has 0 saturated carbocycles. The summed E-state index contributed by atoms with van der Waals surface area (Å²) in [6.07, 6.45) is 1.51. The van der Waals surface area contributed by atoms with E-state index in [4.69, 9.17) is 21.1 Å². The van der Waals surface area contributed by atoms with E-state index in [9.17, 15) is 4.79 Å². The summed E-state index contributed by atoms with van der Waals surface area (Å²) < 4.78 is 10.5.